The average molecular weight is 410 g/mol. The first-order valence-electron chi connectivity index (χ1n) is 9.47. The van der Waals surface area contributed by atoms with E-state index in [0.29, 0.717) is 17.8 Å². The molecule has 29 heavy (non-hydrogen) atoms. The van der Waals surface area contributed by atoms with Gasteiger partial charge in [-0.25, -0.2) is 9.78 Å². The predicted octanol–water partition coefficient (Wildman–Crippen LogP) is 3.84. The van der Waals surface area contributed by atoms with Crippen LogP contribution in [0.5, 0.6) is 0 Å². The second-order valence-electron chi connectivity index (χ2n) is 8.35. The fourth-order valence-electron chi connectivity index (χ4n) is 3.87. The maximum atomic E-state index is 13.3. The van der Waals surface area contributed by atoms with Crippen LogP contribution in [0.2, 0.25) is 0 Å². The van der Waals surface area contributed by atoms with Crippen LogP contribution in [-0.2, 0) is 22.7 Å². The standard InChI is InChI=1S/C22H23N3O3S/c1-22(2,3)18(21(27)28-13-14-7-5-4-6-8-14)24-11-15-9-10-23-19-17(15)16(20(24)26)12-25(19)29/h4-10,12,18,29H,11,13H2,1-3H3. The van der Waals surface area contributed by atoms with Crippen molar-refractivity contribution in [2.75, 3.05) is 0 Å². The third kappa shape index (κ3) is 3.51. The lowest BCUT2D eigenvalue weighted by Gasteiger charge is -2.39. The molecule has 150 valence electrons. The van der Waals surface area contributed by atoms with E-state index in [1.165, 1.54) is 0 Å². The number of amides is 1. The number of ether oxygens (including phenoxy) is 1. The summed E-state index contributed by atoms with van der Waals surface area (Å²) >= 11 is 4.39. The van der Waals surface area contributed by atoms with Crippen molar-refractivity contribution in [1.82, 2.24) is 13.9 Å². The summed E-state index contributed by atoms with van der Waals surface area (Å²) in [6.07, 6.45) is 3.36. The molecule has 0 saturated heterocycles. The average Bonchev–Trinajstić information content (AvgIpc) is 3.02. The molecule has 3 heterocycles. The van der Waals surface area contributed by atoms with E-state index >= 15 is 0 Å². The van der Waals surface area contributed by atoms with E-state index in [0.717, 1.165) is 16.5 Å². The van der Waals surface area contributed by atoms with Gasteiger partial charge in [0.25, 0.3) is 5.91 Å². The van der Waals surface area contributed by atoms with Crippen LogP contribution in [0.1, 0.15) is 42.3 Å². The van der Waals surface area contributed by atoms with Crippen LogP contribution in [0, 0.1) is 5.41 Å². The summed E-state index contributed by atoms with van der Waals surface area (Å²) in [6, 6.07) is 10.7. The monoisotopic (exact) mass is 409 g/mol. The molecule has 0 spiro atoms. The summed E-state index contributed by atoms with van der Waals surface area (Å²) in [4.78, 5) is 32.4. The lowest BCUT2D eigenvalue weighted by atomic mass is 9.84. The van der Waals surface area contributed by atoms with Crippen molar-refractivity contribution in [2.24, 2.45) is 5.41 Å². The normalized spacial score (nSPS) is 14.9. The molecule has 0 fully saturated rings. The molecular weight excluding hydrogens is 386 g/mol. The predicted molar refractivity (Wildman–Crippen MR) is 113 cm³/mol. The quantitative estimate of drug-likeness (QED) is 0.525. The van der Waals surface area contributed by atoms with E-state index in [-0.39, 0.29) is 12.5 Å². The van der Waals surface area contributed by atoms with Gasteiger partial charge in [-0.15, -0.1) is 0 Å². The third-order valence-corrected chi connectivity index (χ3v) is 5.47. The van der Waals surface area contributed by atoms with Crippen LogP contribution in [0.4, 0.5) is 0 Å². The molecule has 0 radical (unpaired) electrons. The molecule has 1 atom stereocenters. The zero-order chi connectivity index (χ0) is 20.8. The van der Waals surface area contributed by atoms with Crippen LogP contribution in [0.15, 0.2) is 48.8 Å². The number of esters is 1. The van der Waals surface area contributed by atoms with Crippen molar-refractivity contribution in [3.05, 3.63) is 65.5 Å². The summed E-state index contributed by atoms with van der Waals surface area (Å²) in [5.74, 6) is -0.617. The van der Waals surface area contributed by atoms with Gasteiger partial charge >= 0.3 is 5.97 Å². The van der Waals surface area contributed by atoms with Gasteiger partial charge in [-0.1, -0.05) is 63.9 Å². The van der Waals surface area contributed by atoms with Crippen molar-refractivity contribution < 1.29 is 14.3 Å². The minimum absolute atomic E-state index is 0.173. The smallest absolute Gasteiger partial charge is 0.329 e. The minimum atomic E-state index is -0.724. The number of aromatic nitrogens is 2. The van der Waals surface area contributed by atoms with Crippen molar-refractivity contribution in [2.45, 2.75) is 40.0 Å². The molecule has 1 aliphatic rings. The Kier molecular flexibility index (Phi) is 4.86. The van der Waals surface area contributed by atoms with Gasteiger partial charge in [0.05, 0.1) is 5.56 Å². The first kappa shape index (κ1) is 19.5. The van der Waals surface area contributed by atoms with E-state index in [2.05, 4.69) is 17.8 Å². The summed E-state index contributed by atoms with van der Waals surface area (Å²) in [5, 5.41) is 0.800. The summed E-state index contributed by atoms with van der Waals surface area (Å²) in [7, 11) is 0. The highest BCUT2D eigenvalue weighted by molar-refractivity contribution is 7.78. The molecule has 1 unspecified atom stereocenters. The Hall–Kier alpha value is -2.80. The summed E-state index contributed by atoms with van der Waals surface area (Å²) in [6.45, 7) is 6.32. The lowest BCUT2D eigenvalue weighted by molar-refractivity contribution is -0.154. The number of hydrogen-bond donors (Lipinski definition) is 1. The zero-order valence-electron chi connectivity index (χ0n) is 16.6. The first-order chi connectivity index (χ1) is 13.8. The molecule has 0 aliphatic carbocycles. The molecule has 0 saturated carbocycles. The maximum absolute atomic E-state index is 13.3. The maximum Gasteiger partial charge on any atom is 0.329 e. The van der Waals surface area contributed by atoms with E-state index < -0.39 is 17.4 Å². The first-order valence-corrected chi connectivity index (χ1v) is 9.87. The number of thiol groups is 1. The van der Waals surface area contributed by atoms with E-state index in [4.69, 9.17) is 4.74 Å². The van der Waals surface area contributed by atoms with Crippen molar-refractivity contribution in [1.29, 1.82) is 0 Å². The molecular formula is C22H23N3O3S. The molecule has 1 amide bonds. The molecule has 0 N–H and O–H groups in total. The Labute approximate surface area is 175 Å². The van der Waals surface area contributed by atoms with Gasteiger partial charge in [0.2, 0.25) is 0 Å². The van der Waals surface area contributed by atoms with Crippen LogP contribution in [0.3, 0.4) is 0 Å². The molecule has 4 rings (SSSR count). The van der Waals surface area contributed by atoms with Crippen LogP contribution in [-0.4, -0.2) is 31.8 Å². The highest BCUT2D eigenvalue weighted by atomic mass is 32.1. The fourth-order valence-corrected chi connectivity index (χ4v) is 4.14. The summed E-state index contributed by atoms with van der Waals surface area (Å²) < 4.78 is 7.17. The lowest BCUT2D eigenvalue weighted by Crippen LogP contribution is -2.53. The Morgan fingerprint density at radius 2 is 1.97 bits per heavy atom. The molecule has 0 bridgehead atoms. The van der Waals surface area contributed by atoms with Gasteiger partial charge in [-0.05, 0) is 22.6 Å². The molecule has 3 aromatic rings. The van der Waals surface area contributed by atoms with Crippen LogP contribution in [0.25, 0.3) is 11.0 Å². The van der Waals surface area contributed by atoms with Gasteiger partial charge in [-0.3, -0.25) is 8.77 Å². The SMILES string of the molecule is CC(C)(C)C(C(=O)OCc1ccccc1)N1Cc2ccnc3c2c(cn3S)C1=O. The molecule has 7 heteroatoms. The Bertz CT molecular complexity index is 1090. The Morgan fingerprint density at radius 3 is 2.66 bits per heavy atom. The number of rotatable bonds is 4. The van der Waals surface area contributed by atoms with E-state index in [1.807, 2.05) is 57.2 Å². The van der Waals surface area contributed by atoms with Crippen LogP contribution >= 0.6 is 12.8 Å². The third-order valence-electron chi connectivity index (χ3n) is 5.17. The highest BCUT2D eigenvalue weighted by Gasteiger charge is 2.43. The number of carbonyl (C=O) groups excluding carboxylic acids is 2. The van der Waals surface area contributed by atoms with Gasteiger partial charge in [-0.2, -0.15) is 0 Å². The molecule has 1 aromatic carbocycles. The number of carbonyl (C=O) groups is 2. The molecule has 2 aromatic heterocycles. The topological polar surface area (TPSA) is 64.4 Å². The van der Waals surface area contributed by atoms with Crippen molar-refractivity contribution in [3.63, 3.8) is 0 Å². The van der Waals surface area contributed by atoms with Gasteiger partial charge in [0.1, 0.15) is 12.6 Å². The van der Waals surface area contributed by atoms with E-state index in [1.54, 1.807) is 21.3 Å². The fraction of sp³-hybridized carbons (Fsp3) is 0.318. The zero-order valence-corrected chi connectivity index (χ0v) is 17.5. The summed E-state index contributed by atoms with van der Waals surface area (Å²) in [5.41, 5.74) is 2.50. The largest absolute Gasteiger partial charge is 0.459 e. The molecule has 6 nitrogen and oxygen atoms in total. The molecule has 1 aliphatic heterocycles. The van der Waals surface area contributed by atoms with Crippen molar-refractivity contribution >= 4 is 35.7 Å². The van der Waals surface area contributed by atoms with Crippen molar-refractivity contribution in [3.8, 4) is 0 Å². The Morgan fingerprint density at radius 1 is 1.24 bits per heavy atom. The second-order valence-corrected chi connectivity index (χ2v) is 8.78. The van der Waals surface area contributed by atoms with Crippen LogP contribution < -0.4 is 0 Å². The Balaban J connectivity index is 1.66. The van der Waals surface area contributed by atoms with Gasteiger partial charge < -0.3 is 9.64 Å². The van der Waals surface area contributed by atoms with Gasteiger partial charge in [0.15, 0.2) is 5.65 Å². The van der Waals surface area contributed by atoms with Gasteiger partial charge in [0, 0.05) is 24.3 Å². The number of nitrogens with zero attached hydrogens (tertiary/aromatic N) is 3. The second kappa shape index (κ2) is 7.22. The minimum Gasteiger partial charge on any atom is -0.459 e. The van der Waals surface area contributed by atoms with E-state index in [9.17, 15) is 9.59 Å². The number of hydrogen-bond acceptors (Lipinski definition) is 5. The number of benzene rings is 1. The highest BCUT2D eigenvalue weighted by Crippen LogP contribution is 2.36. The number of pyridine rings is 1.